The molecular formula is C19H21N3O2S. The van der Waals surface area contributed by atoms with Gasteiger partial charge in [-0.05, 0) is 38.5 Å². The van der Waals surface area contributed by atoms with Crippen LogP contribution in [0.4, 0.5) is 0 Å². The number of carbonyl (C=O) groups excluding carboxylic acids is 1. The van der Waals surface area contributed by atoms with Gasteiger partial charge >= 0.3 is 0 Å². The van der Waals surface area contributed by atoms with Crippen LogP contribution in [0.2, 0.25) is 0 Å². The predicted octanol–water partition coefficient (Wildman–Crippen LogP) is 3.98. The summed E-state index contributed by atoms with van der Waals surface area (Å²) in [7, 11) is 1.77. The number of aromatic nitrogens is 2. The van der Waals surface area contributed by atoms with Crippen molar-refractivity contribution in [3.8, 4) is 0 Å². The largest absolute Gasteiger partial charge is 0.359 e. The van der Waals surface area contributed by atoms with Gasteiger partial charge in [0.25, 0.3) is 0 Å². The van der Waals surface area contributed by atoms with Gasteiger partial charge in [-0.2, -0.15) is 0 Å². The molecule has 3 rings (SSSR count). The van der Waals surface area contributed by atoms with Crippen LogP contribution in [-0.2, 0) is 11.3 Å². The van der Waals surface area contributed by atoms with E-state index in [-0.39, 0.29) is 11.2 Å². The molecule has 0 bridgehead atoms. The first-order valence-corrected chi connectivity index (χ1v) is 9.02. The Bertz CT molecular complexity index is 907. The predicted molar refractivity (Wildman–Crippen MR) is 99.5 cm³/mol. The Morgan fingerprint density at radius 2 is 2.04 bits per heavy atom. The molecule has 5 nitrogen and oxygen atoms in total. The first-order chi connectivity index (χ1) is 11.9. The van der Waals surface area contributed by atoms with Crippen LogP contribution in [0.1, 0.15) is 23.9 Å². The van der Waals surface area contributed by atoms with E-state index >= 15 is 0 Å². The average molecular weight is 355 g/mol. The maximum Gasteiger partial charge on any atom is 0.235 e. The van der Waals surface area contributed by atoms with Gasteiger partial charge in [-0.25, -0.2) is 4.98 Å². The smallest absolute Gasteiger partial charge is 0.235 e. The molecule has 130 valence electrons. The number of hydrogen-bond acceptors (Lipinski definition) is 5. The van der Waals surface area contributed by atoms with Crippen molar-refractivity contribution in [3.63, 3.8) is 0 Å². The number of fused-ring (bicyclic) bond motifs is 1. The number of rotatable bonds is 5. The molecule has 0 aliphatic heterocycles. The molecule has 3 aromatic rings. The number of carbonyl (C=O) groups is 1. The highest BCUT2D eigenvalue weighted by Gasteiger charge is 2.21. The summed E-state index contributed by atoms with van der Waals surface area (Å²) in [6.07, 6.45) is 0. The summed E-state index contributed by atoms with van der Waals surface area (Å²) in [5.74, 6) is 0.719. The van der Waals surface area contributed by atoms with Crippen molar-refractivity contribution in [3.05, 3.63) is 53.4 Å². The normalized spacial score (nSPS) is 12.3. The molecule has 0 saturated heterocycles. The van der Waals surface area contributed by atoms with Crippen molar-refractivity contribution >= 4 is 28.6 Å². The maximum absolute atomic E-state index is 12.6. The van der Waals surface area contributed by atoms with Crippen molar-refractivity contribution in [2.75, 3.05) is 7.05 Å². The highest BCUT2D eigenvalue weighted by molar-refractivity contribution is 8.00. The van der Waals surface area contributed by atoms with Crippen LogP contribution in [0.15, 0.2) is 45.9 Å². The van der Waals surface area contributed by atoms with Crippen molar-refractivity contribution in [1.29, 1.82) is 0 Å². The standard InChI is InChI=1S/C19H21N3O2S/c1-12-9-18(20-17-8-6-5-7-16(12)17)25-14(3)19(23)22(4)11-15-10-13(2)21-24-15/h5-10,14H,11H2,1-4H3. The molecule has 0 saturated carbocycles. The van der Waals surface area contributed by atoms with Gasteiger partial charge in [0.05, 0.1) is 28.0 Å². The monoisotopic (exact) mass is 355 g/mol. The minimum atomic E-state index is -0.234. The Morgan fingerprint density at radius 3 is 2.76 bits per heavy atom. The van der Waals surface area contributed by atoms with Gasteiger partial charge in [0.2, 0.25) is 5.91 Å². The van der Waals surface area contributed by atoms with E-state index in [1.54, 1.807) is 11.9 Å². The van der Waals surface area contributed by atoms with Crippen molar-refractivity contribution in [2.45, 2.75) is 37.6 Å². The van der Waals surface area contributed by atoms with Gasteiger partial charge in [-0.1, -0.05) is 35.1 Å². The molecule has 0 aliphatic rings. The van der Waals surface area contributed by atoms with Crippen molar-refractivity contribution in [1.82, 2.24) is 15.0 Å². The second kappa shape index (κ2) is 7.27. The van der Waals surface area contributed by atoms with Gasteiger partial charge in [-0.3, -0.25) is 4.79 Å². The fourth-order valence-electron chi connectivity index (χ4n) is 2.72. The first-order valence-electron chi connectivity index (χ1n) is 8.14. The van der Waals surface area contributed by atoms with Gasteiger partial charge < -0.3 is 9.42 Å². The van der Waals surface area contributed by atoms with E-state index in [9.17, 15) is 4.79 Å². The number of nitrogens with zero attached hydrogens (tertiary/aromatic N) is 3. The Balaban J connectivity index is 1.70. The van der Waals surface area contributed by atoms with E-state index in [0.29, 0.717) is 12.3 Å². The first kappa shape index (κ1) is 17.5. The molecule has 0 N–H and O–H groups in total. The third kappa shape index (κ3) is 4.02. The van der Waals surface area contributed by atoms with Crippen molar-refractivity contribution in [2.24, 2.45) is 0 Å². The van der Waals surface area contributed by atoms with E-state index in [1.807, 2.05) is 44.2 Å². The second-order valence-electron chi connectivity index (χ2n) is 6.18. The number of pyridine rings is 1. The molecule has 0 fully saturated rings. The molecule has 2 aromatic heterocycles. The Labute approximate surface area is 151 Å². The zero-order chi connectivity index (χ0) is 18.0. The molecule has 6 heteroatoms. The summed E-state index contributed by atoms with van der Waals surface area (Å²) in [5.41, 5.74) is 2.93. The lowest BCUT2D eigenvalue weighted by Crippen LogP contribution is -2.32. The molecule has 1 amide bonds. The van der Waals surface area contributed by atoms with Crippen LogP contribution < -0.4 is 0 Å². The lowest BCUT2D eigenvalue weighted by molar-refractivity contribution is -0.129. The molecule has 0 radical (unpaired) electrons. The van der Waals surface area contributed by atoms with E-state index in [4.69, 9.17) is 4.52 Å². The van der Waals surface area contributed by atoms with Crippen LogP contribution >= 0.6 is 11.8 Å². The fraction of sp³-hybridized carbons (Fsp3) is 0.316. The minimum absolute atomic E-state index is 0.0339. The molecule has 1 unspecified atom stereocenters. The SMILES string of the molecule is Cc1cc(CN(C)C(=O)C(C)Sc2cc(C)c3ccccc3n2)on1. The number of amides is 1. The lowest BCUT2D eigenvalue weighted by atomic mass is 10.1. The zero-order valence-corrected chi connectivity index (χ0v) is 15.6. The van der Waals surface area contributed by atoms with Crippen LogP contribution in [0.3, 0.4) is 0 Å². The molecule has 1 atom stereocenters. The summed E-state index contributed by atoms with van der Waals surface area (Å²) in [5, 5.41) is 5.62. The quantitative estimate of drug-likeness (QED) is 0.648. The Morgan fingerprint density at radius 1 is 1.28 bits per heavy atom. The Kier molecular flexibility index (Phi) is 5.08. The van der Waals surface area contributed by atoms with E-state index < -0.39 is 0 Å². The highest BCUT2D eigenvalue weighted by Crippen LogP contribution is 2.27. The van der Waals surface area contributed by atoms with Crippen LogP contribution in [0, 0.1) is 13.8 Å². The topological polar surface area (TPSA) is 59.2 Å². The molecule has 2 heterocycles. The maximum atomic E-state index is 12.6. The average Bonchev–Trinajstić information content (AvgIpc) is 2.99. The third-order valence-electron chi connectivity index (χ3n) is 3.99. The van der Waals surface area contributed by atoms with Crippen LogP contribution in [0.25, 0.3) is 10.9 Å². The third-order valence-corrected chi connectivity index (χ3v) is 5.00. The van der Waals surface area contributed by atoms with Gasteiger partial charge in [-0.15, -0.1) is 0 Å². The summed E-state index contributed by atoms with van der Waals surface area (Å²) in [4.78, 5) is 18.9. The minimum Gasteiger partial charge on any atom is -0.359 e. The number of hydrogen-bond donors (Lipinski definition) is 0. The fourth-order valence-corrected chi connectivity index (χ4v) is 3.76. The number of para-hydroxylation sites is 1. The molecule has 25 heavy (non-hydrogen) atoms. The molecular weight excluding hydrogens is 334 g/mol. The van der Waals surface area contributed by atoms with Gasteiger partial charge in [0.15, 0.2) is 5.76 Å². The van der Waals surface area contributed by atoms with E-state index in [0.717, 1.165) is 21.6 Å². The number of thioether (sulfide) groups is 1. The van der Waals surface area contributed by atoms with Gasteiger partial charge in [0.1, 0.15) is 0 Å². The van der Waals surface area contributed by atoms with Crippen molar-refractivity contribution < 1.29 is 9.32 Å². The molecule has 0 aliphatic carbocycles. The number of aryl methyl sites for hydroxylation is 2. The second-order valence-corrected chi connectivity index (χ2v) is 7.54. The van der Waals surface area contributed by atoms with Gasteiger partial charge in [0, 0.05) is 18.5 Å². The number of benzene rings is 1. The van der Waals surface area contributed by atoms with Crippen LogP contribution in [-0.4, -0.2) is 33.2 Å². The summed E-state index contributed by atoms with van der Waals surface area (Å²) in [6, 6.07) is 11.9. The zero-order valence-electron chi connectivity index (χ0n) is 14.8. The van der Waals surface area contributed by atoms with Crippen LogP contribution in [0.5, 0.6) is 0 Å². The Hall–Kier alpha value is -2.34. The summed E-state index contributed by atoms with van der Waals surface area (Å²) < 4.78 is 5.18. The highest BCUT2D eigenvalue weighted by atomic mass is 32.2. The molecule has 1 aromatic carbocycles. The van der Waals surface area contributed by atoms with E-state index in [2.05, 4.69) is 23.1 Å². The molecule has 0 spiro atoms. The lowest BCUT2D eigenvalue weighted by Gasteiger charge is -2.19. The summed E-state index contributed by atoms with van der Waals surface area (Å²) in [6.45, 7) is 6.25. The van der Waals surface area contributed by atoms with E-state index in [1.165, 1.54) is 17.3 Å². The summed E-state index contributed by atoms with van der Waals surface area (Å²) >= 11 is 1.48.